The van der Waals surface area contributed by atoms with Gasteiger partial charge in [0, 0.05) is 26.2 Å². The van der Waals surface area contributed by atoms with E-state index < -0.39 is 12.1 Å². The van der Waals surface area contributed by atoms with Gasteiger partial charge in [-0.2, -0.15) is 0 Å². The molecule has 3 heterocycles. The van der Waals surface area contributed by atoms with Crippen molar-refractivity contribution in [2.45, 2.75) is 19.1 Å². The van der Waals surface area contributed by atoms with Crippen LogP contribution in [0.4, 0.5) is 10.1 Å². The van der Waals surface area contributed by atoms with Crippen LogP contribution < -0.4 is 15.0 Å². The largest absolute Gasteiger partial charge is 0.475 e. The molecule has 9 nitrogen and oxygen atoms in total. The topological polar surface area (TPSA) is 102 Å². The molecule has 1 aromatic rings. The minimum absolute atomic E-state index is 0.000228. The van der Waals surface area contributed by atoms with Crippen LogP contribution in [0.25, 0.3) is 0 Å². The number of ether oxygens (including phenoxy) is 4. The van der Waals surface area contributed by atoms with Crippen molar-refractivity contribution in [3.05, 3.63) is 17.8 Å². The summed E-state index contributed by atoms with van der Waals surface area (Å²) in [6.07, 6.45) is 0.148. The lowest BCUT2D eigenvalue weighted by Crippen LogP contribution is -2.52. The first-order valence-electron chi connectivity index (χ1n) is 10.0. The molecule has 0 aromatic carbocycles. The third-order valence-electron chi connectivity index (χ3n) is 5.23. The molecule has 0 bridgehead atoms. The van der Waals surface area contributed by atoms with E-state index in [0.29, 0.717) is 32.2 Å². The van der Waals surface area contributed by atoms with E-state index in [1.807, 2.05) is 0 Å². The maximum absolute atomic E-state index is 12.6. The fourth-order valence-electron chi connectivity index (χ4n) is 3.18. The highest BCUT2D eigenvalue weighted by Crippen LogP contribution is 2.34. The van der Waals surface area contributed by atoms with Gasteiger partial charge in [-0.05, 0) is 19.1 Å². The van der Waals surface area contributed by atoms with Crippen molar-refractivity contribution in [2.75, 3.05) is 71.4 Å². The third kappa shape index (κ3) is 5.37. The van der Waals surface area contributed by atoms with E-state index in [0.717, 1.165) is 5.69 Å². The summed E-state index contributed by atoms with van der Waals surface area (Å²) in [5.41, 5.74) is 0.536. The summed E-state index contributed by atoms with van der Waals surface area (Å²) in [5, 5.41) is 12.4. The zero-order valence-electron chi connectivity index (χ0n) is 17.4. The normalized spacial score (nSPS) is 19.0. The van der Waals surface area contributed by atoms with E-state index in [1.165, 1.54) is 0 Å². The SMILES string of the molecule is COC1CN(c2ccc(C(=O)NC(C)COCCF)nc2OCC2(CO)COC2)C1. The van der Waals surface area contributed by atoms with Gasteiger partial charge in [0.2, 0.25) is 5.88 Å². The number of pyridine rings is 1. The summed E-state index contributed by atoms with van der Waals surface area (Å²) >= 11 is 0. The van der Waals surface area contributed by atoms with Crippen molar-refractivity contribution < 1.29 is 33.2 Å². The number of nitrogens with zero attached hydrogens (tertiary/aromatic N) is 2. The fraction of sp³-hybridized carbons (Fsp3) is 0.700. The molecule has 0 aliphatic carbocycles. The second kappa shape index (κ2) is 10.3. The van der Waals surface area contributed by atoms with Crippen LogP contribution in [0, 0.1) is 5.41 Å². The number of amides is 1. The van der Waals surface area contributed by atoms with Gasteiger partial charge in [-0.15, -0.1) is 0 Å². The minimum atomic E-state index is -0.564. The molecule has 2 N–H and O–H groups in total. The van der Waals surface area contributed by atoms with Crippen LogP contribution in [0.15, 0.2) is 12.1 Å². The number of carbonyl (C=O) groups is 1. The van der Waals surface area contributed by atoms with Crippen LogP contribution in [0.3, 0.4) is 0 Å². The van der Waals surface area contributed by atoms with E-state index in [9.17, 15) is 14.3 Å². The van der Waals surface area contributed by atoms with Gasteiger partial charge in [0.05, 0.1) is 44.6 Å². The number of aromatic nitrogens is 1. The number of rotatable bonds is 12. The average molecular weight is 427 g/mol. The second-order valence-corrected chi connectivity index (χ2v) is 7.86. The second-order valence-electron chi connectivity index (χ2n) is 7.86. The molecule has 1 atom stereocenters. The van der Waals surface area contributed by atoms with E-state index >= 15 is 0 Å². The zero-order chi connectivity index (χ0) is 21.6. The molecular weight excluding hydrogens is 397 g/mol. The molecule has 2 fully saturated rings. The average Bonchev–Trinajstić information content (AvgIpc) is 2.67. The molecule has 1 unspecified atom stereocenters. The highest BCUT2D eigenvalue weighted by Gasteiger charge is 2.40. The minimum Gasteiger partial charge on any atom is -0.475 e. The van der Waals surface area contributed by atoms with E-state index in [1.54, 1.807) is 26.2 Å². The zero-order valence-corrected chi connectivity index (χ0v) is 17.4. The molecule has 2 aliphatic heterocycles. The summed E-state index contributed by atoms with van der Waals surface area (Å²) < 4.78 is 33.8. The van der Waals surface area contributed by atoms with Crippen LogP contribution in [-0.4, -0.2) is 94.7 Å². The Morgan fingerprint density at radius 3 is 2.83 bits per heavy atom. The maximum Gasteiger partial charge on any atom is 0.270 e. The number of anilines is 1. The van der Waals surface area contributed by atoms with E-state index in [2.05, 4.69) is 15.2 Å². The molecule has 3 rings (SSSR count). The molecule has 1 aromatic heterocycles. The first kappa shape index (κ1) is 22.7. The van der Waals surface area contributed by atoms with Crippen molar-refractivity contribution in [3.63, 3.8) is 0 Å². The highest BCUT2D eigenvalue weighted by atomic mass is 19.1. The van der Waals surface area contributed by atoms with Gasteiger partial charge in [-0.3, -0.25) is 4.79 Å². The number of nitrogens with one attached hydrogen (secondary N) is 1. The summed E-state index contributed by atoms with van der Waals surface area (Å²) in [6, 6.07) is 3.15. The number of halogens is 1. The number of alkyl halides is 1. The Morgan fingerprint density at radius 2 is 2.23 bits per heavy atom. The number of aliphatic hydroxyl groups excluding tert-OH is 1. The van der Waals surface area contributed by atoms with Crippen LogP contribution in [0.5, 0.6) is 5.88 Å². The maximum atomic E-state index is 12.6. The molecule has 10 heteroatoms. The number of methoxy groups -OCH3 is 1. The van der Waals surface area contributed by atoms with Gasteiger partial charge in [-0.25, -0.2) is 9.37 Å². The summed E-state index contributed by atoms with van der Waals surface area (Å²) in [6.45, 7) is 3.87. The lowest BCUT2D eigenvalue weighted by Gasteiger charge is -2.41. The lowest BCUT2D eigenvalue weighted by atomic mass is 9.88. The molecule has 1 amide bonds. The Hall–Kier alpha value is -2.01. The molecule has 168 valence electrons. The standard InChI is InChI=1S/C20H30FN3O6/c1-14(9-28-6-5-21)22-18(26)16-3-4-17(24-7-15(8-24)27-2)19(23-16)30-13-20(10-25)11-29-12-20/h3-4,14-15,25H,5-13H2,1-2H3,(H,22,26). The molecule has 30 heavy (non-hydrogen) atoms. The summed E-state index contributed by atoms with van der Waals surface area (Å²) in [5.74, 6) is -0.0387. The smallest absolute Gasteiger partial charge is 0.270 e. The Labute approximate surface area is 175 Å². The molecule has 0 radical (unpaired) electrons. The molecule has 2 saturated heterocycles. The van der Waals surface area contributed by atoms with Gasteiger partial charge in [0.25, 0.3) is 5.91 Å². The Kier molecular flexibility index (Phi) is 7.81. The molecular formula is C20H30FN3O6. The van der Waals surface area contributed by atoms with E-state index in [-0.39, 0.29) is 50.2 Å². The monoisotopic (exact) mass is 427 g/mol. The van der Waals surface area contributed by atoms with Crippen molar-refractivity contribution >= 4 is 11.6 Å². The van der Waals surface area contributed by atoms with Gasteiger partial charge in [-0.1, -0.05) is 0 Å². The molecule has 2 aliphatic rings. The fourth-order valence-corrected chi connectivity index (χ4v) is 3.18. The van der Waals surface area contributed by atoms with Gasteiger partial charge in [0.15, 0.2) is 0 Å². The Morgan fingerprint density at radius 1 is 1.47 bits per heavy atom. The van der Waals surface area contributed by atoms with Gasteiger partial charge < -0.3 is 34.3 Å². The lowest BCUT2D eigenvalue weighted by molar-refractivity contribution is -0.153. The van der Waals surface area contributed by atoms with E-state index in [4.69, 9.17) is 18.9 Å². The van der Waals surface area contributed by atoms with Gasteiger partial charge in [0.1, 0.15) is 24.7 Å². The van der Waals surface area contributed by atoms with Crippen LogP contribution in [0.2, 0.25) is 0 Å². The molecule has 0 saturated carbocycles. The Bertz CT molecular complexity index is 706. The van der Waals surface area contributed by atoms with Crippen LogP contribution in [-0.2, 0) is 14.2 Å². The molecule has 0 spiro atoms. The number of carbonyl (C=O) groups excluding carboxylic acids is 1. The van der Waals surface area contributed by atoms with Crippen LogP contribution >= 0.6 is 0 Å². The summed E-state index contributed by atoms with van der Waals surface area (Å²) in [7, 11) is 1.67. The van der Waals surface area contributed by atoms with Crippen molar-refractivity contribution in [3.8, 4) is 5.88 Å². The number of hydrogen-bond donors (Lipinski definition) is 2. The Balaban J connectivity index is 1.69. The number of hydrogen-bond acceptors (Lipinski definition) is 8. The third-order valence-corrected chi connectivity index (χ3v) is 5.23. The predicted molar refractivity (Wildman–Crippen MR) is 107 cm³/mol. The van der Waals surface area contributed by atoms with Crippen molar-refractivity contribution in [2.24, 2.45) is 5.41 Å². The number of aliphatic hydroxyl groups is 1. The quantitative estimate of drug-likeness (QED) is 0.463. The summed E-state index contributed by atoms with van der Waals surface area (Å²) in [4.78, 5) is 19.1. The van der Waals surface area contributed by atoms with Crippen LogP contribution in [0.1, 0.15) is 17.4 Å². The van der Waals surface area contributed by atoms with Gasteiger partial charge >= 0.3 is 0 Å². The van der Waals surface area contributed by atoms with Crippen molar-refractivity contribution in [1.29, 1.82) is 0 Å². The highest BCUT2D eigenvalue weighted by molar-refractivity contribution is 5.93. The first-order chi connectivity index (χ1) is 14.5. The van der Waals surface area contributed by atoms with Crippen molar-refractivity contribution in [1.82, 2.24) is 10.3 Å². The predicted octanol–water partition coefficient (Wildman–Crippen LogP) is 0.409. The first-order valence-corrected chi connectivity index (χ1v) is 10.0.